The van der Waals surface area contributed by atoms with E-state index >= 15 is 0 Å². The lowest BCUT2D eigenvalue weighted by molar-refractivity contribution is -0.116. The molecular weight excluding hydrogens is 176 g/mol. The fraction of sp³-hybridized carbons (Fsp3) is 0.727. The summed E-state index contributed by atoms with van der Waals surface area (Å²) in [4.78, 5) is 13.2. The predicted octanol–water partition coefficient (Wildman–Crippen LogP) is 1.41. The summed E-state index contributed by atoms with van der Waals surface area (Å²) in [5.41, 5.74) is 0. The molecule has 0 aromatic carbocycles. The summed E-state index contributed by atoms with van der Waals surface area (Å²) in [6.07, 6.45) is 1.30. The van der Waals surface area contributed by atoms with Crippen LogP contribution >= 0.6 is 0 Å². The third-order valence-corrected chi connectivity index (χ3v) is 2.18. The maximum absolute atomic E-state index is 10.9. The molecule has 0 aliphatic heterocycles. The molecule has 0 bridgehead atoms. The van der Waals surface area contributed by atoms with Crippen molar-refractivity contribution < 1.29 is 4.79 Å². The Morgan fingerprint density at radius 1 is 1.36 bits per heavy atom. The second kappa shape index (κ2) is 6.60. The minimum absolute atomic E-state index is 0.0996. The van der Waals surface area contributed by atoms with Crippen LogP contribution in [0.25, 0.3) is 0 Å². The van der Waals surface area contributed by atoms with Gasteiger partial charge in [0.2, 0.25) is 5.91 Å². The molecule has 0 atom stereocenters. The van der Waals surface area contributed by atoms with Crippen LogP contribution in [-0.2, 0) is 4.79 Å². The summed E-state index contributed by atoms with van der Waals surface area (Å²) in [5, 5.41) is 2.77. The molecule has 82 valence electrons. The summed E-state index contributed by atoms with van der Waals surface area (Å²) in [7, 11) is 0. The topological polar surface area (TPSA) is 32.3 Å². The number of nitrogens with one attached hydrogen (secondary N) is 1. The van der Waals surface area contributed by atoms with Crippen molar-refractivity contribution >= 4 is 5.91 Å². The first-order valence-corrected chi connectivity index (χ1v) is 5.15. The van der Waals surface area contributed by atoms with E-state index in [4.69, 9.17) is 0 Å². The third-order valence-electron chi connectivity index (χ3n) is 2.18. The summed E-state index contributed by atoms with van der Waals surface area (Å²) >= 11 is 0. The van der Waals surface area contributed by atoms with Crippen LogP contribution in [0.1, 0.15) is 27.7 Å². The second-order valence-electron chi connectivity index (χ2n) is 3.92. The lowest BCUT2D eigenvalue weighted by Crippen LogP contribution is -2.42. The van der Waals surface area contributed by atoms with Crippen LogP contribution in [0.5, 0.6) is 0 Å². The summed E-state index contributed by atoms with van der Waals surface area (Å²) in [5.74, 6) is -0.0996. The molecular formula is C11H22N2O. The van der Waals surface area contributed by atoms with Gasteiger partial charge >= 0.3 is 0 Å². The van der Waals surface area contributed by atoms with Gasteiger partial charge in [-0.2, -0.15) is 0 Å². The molecule has 0 radical (unpaired) electrons. The smallest absolute Gasteiger partial charge is 0.243 e. The Morgan fingerprint density at radius 3 is 2.21 bits per heavy atom. The van der Waals surface area contributed by atoms with Crippen LogP contribution in [0.3, 0.4) is 0 Å². The number of rotatable bonds is 6. The molecule has 0 spiro atoms. The Morgan fingerprint density at radius 2 is 1.86 bits per heavy atom. The average Bonchev–Trinajstić information content (AvgIpc) is 2.10. The Bertz CT molecular complexity index is 180. The van der Waals surface area contributed by atoms with E-state index in [2.05, 4.69) is 44.5 Å². The molecule has 1 amide bonds. The Balaban J connectivity index is 3.83. The van der Waals surface area contributed by atoms with Gasteiger partial charge in [-0.25, -0.2) is 0 Å². The predicted molar refractivity (Wildman–Crippen MR) is 60.2 cm³/mol. The van der Waals surface area contributed by atoms with E-state index < -0.39 is 0 Å². The SMILES string of the molecule is C=CC(=O)NCCN(C(C)C)C(C)C. The van der Waals surface area contributed by atoms with Crippen LogP contribution in [0.4, 0.5) is 0 Å². The molecule has 0 unspecified atom stereocenters. The number of nitrogens with zero attached hydrogens (tertiary/aromatic N) is 1. The van der Waals surface area contributed by atoms with E-state index in [1.165, 1.54) is 6.08 Å². The fourth-order valence-electron chi connectivity index (χ4n) is 1.49. The van der Waals surface area contributed by atoms with Gasteiger partial charge in [-0.3, -0.25) is 9.69 Å². The van der Waals surface area contributed by atoms with E-state index in [1.807, 2.05) is 0 Å². The van der Waals surface area contributed by atoms with Gasteiger partial charge in [0.15, 0.2) is 0 Å². The van der Waals surface area contributed by atoms with Crippen molar-refractivity contribution in [2.75, 3.05) is 13.1 Å². The van der Waals surface area contributed by atoms with Crippen LogP contribution < -0.4 is 5.32 Å². The van der Waals surface area contributed by atoms with E-state index in [1.54, 1.807) is 0 Å². The van der Waals surface area contributed by atoms with Crippen LogP contribution in [0.2, 0.25) is 0 Å². The zero-order valence-corrected chi connectivity index (χ0v) is 9.71. The normalized spacial score (nSPS) is 11.1. The van der Waals surface area contributed by atoms with Gasteiger partial charge in [0.05, 0.1) is 0 Å². The number of hydrogen-bond acceptors (Lipinski definition) is 2. The maximum atomic E-state index is 10.9. The first-order valence-electron chi connectivity index (χ1n) is 5.15. The van der Waals surface area contributed by atoms with Crippen molar-refractivity contribution in [1.82, 2.24) is 10.2 Å². The first-order chi connectivity index (χ1) is 6.49. The molecule has 0 heterocycles. The summed E-state index contributed by atoms with van der Waals surface area (Å²) in [6.45, 7) is 13.6. The number of carbonyl (C=O) groups is 1. The van der Waals surface area contributed by atoms with Gasteiger partial charge in [0.1, 0.15) is 0 Å². The number of amides is 1. The highest BCUT2D eigenvalue weighted by molar-refractivity contribution is 5.86. The monoisotopic (exact) mass is 198 g/mol. The van der Waals surface area contributed by atoms with Crippen LogP contribution in [-0.4, -0.2) is 36.0 Å². The van der Waals surface area contributed by atoms with Crippen molar-refractivity contribution in [2.24, 2.45) is 0 Å². The summed E-state index contributed by atoms with van der Waals surface area (Å²) < 4.78 is 0. The van der Waals surface area contributed by atoms with Gasteiger partial charge in [-0.05, 0) is 33.8 Å². The average molecular weight is 198 g/mol. The minimum Gasteiger partial charge on any atom is -0.351 e. The molecule has 1 N–H and O–H groups in total. The summed E-state index contributed by atoms with van der Waals surface area (Å²) in [6, 6.07) is 1.02. The van der Waals surface area contributed by atoms with E-state index in [0.717, 1.165) is 6.54 Å². The van der Waals surface area contributed by atoms with E-state index in [-0.39, 0.29) is 5.91 Å². The highest BCUT2D eigenvalue weighted by Gasteiger charge is 2.12. The molecule has 3 nitrogen and oxygen atoms in total. The van der Waals surface area contributed by atoms with Crippen molar-refractivity contribution in [3.8, 4) is 0 Å². The van der Waals surface area contributed by atoms with Crippen molar-refractivity contribution in [3.05, 3.63) is 12.7 Å². The Kier molecular flexibility index (Phi) is 6.21. The minimum atomic E-state index is -0.0996. The van der Waals surface area contributed by atoms with Crippen LogP contribution in [0.15, 0.2) is 12.7 Å². The van der Waals surface area contributed by atoms with Crippen molar-refractivity contribution in [1.29, 1.82) is 0 Å². The van der Waals surface area contributed by atoms with Crippen LogP contribution in [0, 0.1) is 0 Å². The van der Waals surface area contributed by atoms with Gasteiger partial charge < -0.3 is 5.32 Å². The molecule has 0 aromatic rings. The van der Waals surface area contributed by atoms with Crippen molar-refractivity contribution in [3.63, 3.8) is 0 Å². The third kappa shape index (κ3) is 5.02. The number of carbonyl (C=O) groups excluding carboxylic acids is 1. The molecule has 0 saturated heterocycles. The molecule has 3 heteroatoms. The van der Waals surface area contributed by atoms with Gasteiger partial charge in [0.25, 0.3) is 0 Å². The van der Waals surface area contributed by atoms with Gasteiger partial charge in [0, 0.05) is 25.2 Å². The first kappa shape index (κ1) is 13.2. The second-order valence-corrected chi connectivity index (χ2v) is 3.92. The highest BCUT2D eigenvalue weighted by atomic mass is 16.1. The molecule has 0 rings (SSSR count). The maximum Gasteiger partial charge on any atom is 0.243 e. The Labute approximate surface area is 87.2 Å². The van der Waals surface area contributed by atoms with Gasteiger partial charge in [-0.15, -0.1) is 0 Å². The zero-order valence-electron chi connectivity index (χ0n) is 9.71. The number of hydrogen-bond donors (Lipinski definition) is 1. The molecule has 14 heavy (non-hydrogen) atoms. The molecule has 0 saturated carbocycles. The van der Waals surface area contributed by atoms with E-state index in [0.29, 0.717) is 18.6 Å². The largest absolute Gasteiger partial charge is 0.351 e. The zero-order chi connectivity index (χ0) is 11.1. The molecule has 0 fully saturated rings. The quantitative estimate of drug-likeness (QED) is 0.654. The lowest BCUT2D eigenvalue weighted by Gasteiger charge is -2.30. The molecule has 0 aliphatic rings. The standard InChI is InChI=1S/C11H22N2O/c1-6-11(14)12-7-8-13(9(2)3)10(4)5/h6,9-10H,1,7-8H2,2-5H3,(H,12,14). The molecule has 0 aromatic heterocycles. The fourth-order valence-corrected chi connectivity index (χ4v) is 1.49. The van der Waals surface area contributed by atoms with Crippen molar-refractivity contribution in [2.45, 2.75) is 39.8 Å². The molecule has 0 aliphatic carbocycles. The highest BCUT2D eigenvalue weighted by Crippen LogP contribution is 2.02. The van der Waals surface area contributed by atoms with E-state index in [9.17, 15) is 4.79 Å². The Hall–Kier alpha value is -0.830. The lowest BCUT2D eigenvalue weighted by atomic mass is 10.2. The van der Waals surface area contributed by atoms with Gasteiger partial charge in [-0.1, -0.05) is 6.58 Å².